The fourth-order valence-corrected chi connectivity index (χ4v) is 2.49. The molecule has 1 fully saturated rings. The first kappa shape index (κ1) is 14.9. The third kappa shape index (κ3) is 4.28. The molecule has 0 radical (unpaired) electrons. The molecule has 0 aliphatic carbocycles. The van der Waals surface area contributed by atoms with Crippen LogP contribution in [0.5, 0.6) is 0 Å². The van der Waals surface area contributed by atoms with Crippen molar-refractivity contribution >= 4 is 5.97 Å². The van der Waals surface area contributed by atoms with Gasteiger partial charge in [-0.1, -0.05) is 6.42 Å². The highest BCUT2D eigenvalue weighted by molar-refractivity contribution is 5.87. The van der Waals surface area contributed by atoms with Crippen molar-refractivity contribution in [2.24, 2.45) is 0 Å². The van der Waals surface area contributed by atoms with Crippen LogP contribution in [-0.2, 0) is 6.54 Å². The molecule has 0 aromatic heterocycles. The van der Waals surface area contributed by atoms with E-state index in [0.29, 0.717) is 12.1 Å². The number of benzene rings is 1. The van der Waals surface area contributed by atoms with Crippen molar-refractivity contribution in [1.29, 1.82) is 0 Å². The predicted molar refractivity (Wildman–Crippen MR) is 75.4 cm³/mol. The van der Waals surface area contributed by atoms with Gasteiger partial charge < -0.3 is 15.3 Å². The molecule has 1 heterocycles. The Labute approximate surface area is 118 Å². The SMILES string of the molecule is O=C(O)c1ccc(F)c(CNCCN2CCCCC2)c1. The van der Waals surface area contributed by atoms with E-state index < -0.39 is 5.97 Å². The smallest absolute Gasteiger partial charge is 0.335 e. The molecule has 2 rings (SSSR count). The summed E-state index contributed by atoms with van der Waals surface area (Å²) in [4.78, 5) is 13.3. The van der Waals surface area contributed by atoms with Gasteiger partial charge in [-0.15, -0.1) is 0 Å². The van der Waals surface area contributed by atoms with Crippen LogP contribution < -0.4 is 5.32 Å². The third-order valence-corrected chi connectivity index (χ3v) is 3.66. The van der Waals surface area contributed by atoms with Crippen LogP contribution in [0.4, 0.5) is 4.39 Å². The average Bonchev–Trinajstić information content (AvgIpc) is 2.46. The molecule has 110 valence electrons. The Balaban J connectivity index is 1.78. The van der Waals surface area contributed by atoms with Gasteiger partial charge in [-0.05, 0) is 44.1 Å². The Morgan fingerprint density at radius 2 is 2.05 bits per heavy atom. The number of nitrogens with zero attached hydrogens (tertiary/aromatic N) is 1. The van der Waals surface area contributed by atoms with E-state index in [-0.39, 0.29) is 11.4 Å². The first-order chi connectivity index (χ1) is 9.66. The molecule has 1 aromatic carbocycles. The van der Waals surface area contributed by atoms with Crippen LogP contribution in [0.1, 0.15) is 35.2 Å². The Morgan fingerprint density at radius 1 is 1.30 bits per heavy atom. The summed E-state index contributed by atoms with van der Waals surface area (Å²) < 4.78 is 13.6. The second kappa shape index (κ2) is 7.36. The van der Waals surface area contributed by atoms with Gasteiger partial charge in [0, 0.05) is 25.2 Å². The maximum atomic E-state index is 13.6. The summed E-state index contributed by atoms with van der Waals surface area (Å²) in [6.45, 7) is 4.40. The second-order valence-corrected chi connectivity index (χ2v) is 5.19. The van der Waals surface area contributed by atoms with Crippen LogP contribution in [0.15, 0.2) is 18.2 Å². The van der Waals surface area contributed by atoms with Gasteiger partial charge in [-0.2, -0.15) is 0 Å². The number of likely N-dealkylation sites (tertiary alicyclic amines) is 1. The summed E-state index contributed by atoms with van der Waals surface area (Å²) in [6, 6.07) is 3.89. The molecule has 1 aliphatic heterocycles. The van der Waals surface area contributed by atoms with E-state index in [0.717, 1.165) is 26.2 Å². The highest BCUT2D eigenvalue weighted by atomic mass is 19.1. The van der Waals surface area contributed by atoms with Crippen molar-refractivity contribution in [1.82, 2.24) is 10.2 Å². The largest absolute Gasteiger partial charge is 0.478 e. The fourth-order valence-electron chi connectivity index (χ4n) is 2.49. The number of piperidine rings is 1. The molecule has 0 saturated carbocycles. The summed E-state index contributed by atoms with van der Waals surface area (Å²) in [5.74, 6) is -1.39. The van der Waals surface area contributed by atoms with Gasteiger partial charge in [-0.25, -0.2) is 9.18 Å². The number of nitrogens with one attached hydrogen (secondary N) is 1. The lowest BCUT2D eigenvalue weighted by atomic mass is 10.1. The van der Waals surface area contributed by atoms with Gasteiger partial charge in [0.15, 0.2) is 0 Å². The molecule has 0 amide bonds. The molecule has 5 heteroatoms. The molecule has 0 bridgehead atoms. The van der Waals surface area contributed by atoms with E-state index in [9.17, 15) is 9.18 Å². The van der Waals surface area contributed by atoms with E-state index in [1.54, 1.807) is 0 Å². The van der Waals surface area contributed by atoms with Gasteiger partial charge in [0.1, 0.15) is 5.82 Å². The van der Waals surface area contributed by atoms with Gasteiger partial charge in [-0.3, -0.25) is 0 Å². The minimum Gasteiger partial charge on any atom is -0.478 e. The molecule has 0 atom stereocenters. The minimum atomic E-state index is -1.03. The van der Waals surface area contributed by atoms with Gasteiger partial charge >= 0.3 is 5.97 Å². The zero-order chi connectivity index (χ0) is 14.4. The van der Waals surface area contributed by atoms with Crippen molar-refractivity contribution in [2.75, 3.05) is 26.2 Å². The van der Waals surface area contributed by atoms with Crippen LogP contribution >= 0.6 is 0 Å². The zero-order valence-electron chi connectivity index (χ0n) is 11.6. The monoisotopic (exact) mass is 280 g/mol. The summed E-state index contributed by atoms with van der Waals surface area (Å²) in [7, 11) is 0. The fraction of sp³-hybridized carbons (Fsp3) is 0.533. The lowest BCUT2D eigenvalue weighted by Crippen LogP contribution is -2.35. The molecule has 20 heavy (non-hydrogen) atoms. The molecule has 0 spiro atoms. The lowest BCUT2D eigenvalue weighted by Gasteiger charge is -2.26. The van der Waals surface area contributed by atoms with Crippen LogP contribution in [0, 0.1) is 5.82 Å². The highest BCUT2D eigenvalue weighted by Crippen LogP contribution is 2.11. The number of aromatic carboxylic acids is 1. The van der Waals surface area contributed by atoms with Crippen molar-refractivity contribution in [3.8, 4) is 0 Å². The van der Waals surface area contributed by atoms with Crippen molar-refractivity contribution in [3.63, 3.8) is 0 Å². The van der Waals surface area contributed by atoms with Gasteiger partial charge in [0.05, 0.1) is 5.56 Å². The predicted octanol–water partition coefficient (Wildman–Crippen LogP) is 2.10. The molecule has 1 aromatic rings. The molecule has 4 nitrogen and oxygen atoms in total. The van der Waals surface area contributed by atoms with E-state index >= 15 is 0 Å². The first-order valence-electron chi connectivity index (χ1n) is 7.11. The Morgan fingerprint density at radius 3 is 2.75 bits per heavy atom. The average molecular weight is 280 g/mol. The lowest BCUT2D eigenvalue weighted by molar-refractivity contribution is 0.0696. The number of halogens is 1. The Hall–Kier alpha value is -1.46. The quantitative estimate of drug-likeness (QED) is 0.784. The number of carboxylic acids is 1. The van der Waals surface area contributed by atoms with E-state index in [1.165, 1.54) is 37.5 Å². The maximum Gasteiger partial charge on any atom is 0.335 e. The summed E-state index contributed by atoms with van der Waals surface area (Å²) >= 11 is 0. The number of carboxylic acid groups (broad SMARTS) is 1. The van der Waals surface area contributed by atoms with E-state index in [2.05, 4.69) is 10.2 Å². The Kier molecular flexibility index (Phi) is 5.49. The number of rotatable bonds is 6. The highest BCUT2D eigenvalue weighted by Gasteiger charge is 2.10. The molecular formula is C15H21FN2O2. The third-order valence-electron chi connectivity index (χ3n) is 3.66. The second-order valence-electron chi connectivity index (χ2n) is 5.19. The number of hydrogen-bond acceptors (Lipinski definition) is 3. The number of hydrogen-bond donors (Lipinski definition) is 2. The van der Waals surface area contributed by atoms with Crippen LogP contribution in [-0.4, -0.2) is 42.2 Å². The normalized spacial score (nSPS) is 16.2. The van der Waals surface area contributed by atoms with Crippen molar-refractivity contribution < 1.29 is 14.3 Å². The molecule has 1 saturated heterocycles. The number of carbonyl (C=O) groups is 1. The molecule has 1 aliphatic rings. The van der Waals surface area contributed by atoms with Crippen LogP contribution in [0.3, 0.4) is 0 Å². The molecular weight excluding hydrogens is 259 g/mol. The molecule has 2 N–H and O–H groups in total. The first-order valence-corrected chi connectivity index (χ1v) is 7.11. The van der Waals surface area contributed by atoms with E-state index in [4.69, 9.17) is 5.11 Å². The van der Waals surface area contributed by atoms with Crippen LogP contribution in [0.25, 0.3) is 0 Å². The van der Waals surface area contributed by atoms with E-state index in [1.807, 2.05) is 0 Å². The minimum absolute atomic E-state index is 0.124. The summed E-state index contributed by atoms with van der Waals surface area (Å²) in [6.07, 6.45) is 3.84. The zero-order valence-corrected chi connectivity index (χ0v) is 11.6. The standard InChI is InChI=1S/C15H21FN2O2/c16-14-5-4-12(15(19)20)10-13(14)11-17-6-9-18-7-2-1-3-8-18/h4-5,10,17H,1-3,6-9,11H2,(H,19,20). The Bertz CT molecular complexity index is 459. The van der Waals surface area contributed by atoms with Gasteiger partial charge in [0.2, 0.25) is 0 Å². The maximum absolute atomic E-state index is 13.6. The summed E-state index contributed by atoms with van der Waals surface area (Å²) in [5.41, 5.74) is 0.530. The topological polar surface area (TPSA) is 52.6 Å². The van der Waals surface area contributed by atoms with Crippen molar-refractivity contribution in [3.05, 3.63) is 35.1 Å². The molecule has 0 unspecified atom stereocenters. The van der Waals surface area contributed by atoms with Crippen molar-refractivity contribution in [2.45, 2.75) is 25.8 Å². The van der Waals surface area contributed by atoms with Gasteiger partial charge in [0.25, 0.3) is 0 Å². The van der Waals surface area contributed by atoms with Crippen LogP contribution in [0.2, 0.25) is 0 Å². The summed E-state index contributed by atoms with van der Waals surface area (Å²) in [5, 5.41) is 12.1.